The number of nitrogens with two attached hydrogens (primary N) is 1. The summed E-state index contributed by atoms with van der Waals surface area (Å²) < 4.78 is 19.3. The molecule has 2 saturated heterocycles. The Hall–Kier alpha value is -2.94. The summed E-state index contributed by atoms with van der Waals surface area (Å²) in [6.07, 6.45) is 4.72. The lowest BCUT2D eigenvalue weighted by atomic mass is 10.2. The summed E-state index contributed by atoms with van der Waals surface area (Å²) in [4.78, 5) is 24.8. The average molecular weight is 386 g/mol. The maximum atomic E-state index is 13.9. The number of halogens is 1. The number of hydrogen-bond donors (Lipinski definition) is 2. The van der Waals surface area contributed by atoms with E-state index in [4.69, 9.17) is 10.5 Å². The number of likely N-dealkylation sites (tertiary alicyclic amines) is 2. The van der Waals surface area contributed by atoms with Crippen LogP contribution in [-0.4, -0.2) is 58.0 Å². The van der Waals surface area contributed by atoms with Crippen molar-refractivity contribution in [1.29, 1.82) is 0 Å². The number of benzene rings is 1. The zero-order valence-corrected chi connectivity index (χ0v) is 15.5. The lowest BCUT2D eigenvalue weighted by Crippen LogP contribution is -2.38. The Balaban J connectivity index is 1.37. The number of anilines is 2. The van der Waals surface area contributed by atoms with Crippen LogP contribution in [0.1, 0.15) is 19.3 Å². The van der Waals surface area contributed by atoms with Crippen LogP contribution >= 0.6 is 0 Å². The fraction of sp³-hybridized carbons (Fsp3) is 0.421. The van der Waals surface area contributed by atoms with Crippen LogP contribution in [-0.2, 0) is 0 Å². The molecule has 2 amide bonds. The maximum Gasteiger partial charge on any atom is 0.323 e. The van der Waals surface area contributed by atoms with Gasteiger partial charge in [-0.05, 0) is 44.5 Å². The van der Waals surface area contributed by atoms with Crippen LogP contribution in [0, 0.1) is 5.82 Å². The minimum atomic E-state index is -0.589. The number of carbonyl (C=O) groups is 1. The van der Waals surface area contributed by atoms with E-state index in [2.05, 4.69) is 20.2 Å². The van der Waals surface area contributed by atoms with Gasteiger partial charge in [-0.25, -0.2) is 19.2 Å². The van der Waals surface area contributed by atoms with Gasteiger partial charge in [0, 0.05) is 37.0 Å². The Kier molecular flexibility index (Phi) is 5.25. The number of ether oxygens (including phenoxy) is 1. The zero-order chi connectivity index (χ0) is 19.5. The molecule has 1 aromatic heterocycles. The van der Waals surface area contributed by atoms with Gasteiger partial charge in [-0.1, -0.05) is 0 Å². The molecule has 0 saturated carbocycles. The number of hydrogen-bond acceptors (Lipinski definition) is 6. The van der Waals surface area contributed by atoms with Gasteiger partial charge in [0.25, 0.3) is 0 Å². The quantitative estimate of drug-likeness (QED) is 0.785. The number of urea groups is 1. The average Bonchev–Trinajstić information content (AvgIpc) is 3.35. The third-order valence-electron chi connectivity index (χ3n) is 5.16. The van der Waals surface area contributed by atoms with Crippen molar-refractivity contribution in [3.8, 4) is 11.6 Å². The van der Waals surface area contributed by atoms with Crippen molar-refractivity contribution in [3.05, 3.63) is 36.4 Å². The van der Waals surface area contributed by atoms with Crippen LogP contribution in [0.3, 0.4) is 0 Å². The van der Waals surface area contributed by atoms with E-state index in [9.17, 15) is 9.18 Å². The first-order chi connectivity index (χ1) is 13.6. The molecule has 2 aromatic rings. The predicted octanol–water partition coefficient (Wildman–Crippen LogP) is 2.69. The van der Waals surface area contributed by atoms with E-state index >= 15 is 0 Å². The molecular weight excluding hydrogens is 363 g/mol. The molecule has 0 unspecified atom stereocenters. The standard InChI is InChI=1S/C19H23FN6O2/c20-15-9-13(21)3-4-16(15)28-18-10-17(22-12-23-18)24-19(27)26-8-5-14(11-26)25-6-1-2-7-25/h3-4,9-10,12,14H,1-2,5-8,11,21H2,(H,22,23,24,27)/t14-/m0/s1. The van der Waals surface area contributed by atoms with Crippen molar-refractivity contribution < 1.29 is 13.9 Å². The van der Waals surface area contributed by atoms with E-state index in [1.165, 1.54) is 43.4 Å². The smallest absolute Gasteiger partial charge is 0.323 e. The van der Waals surface area contributed by atoms with E-state index in [1.54, 1.807) is 4.90 Å². The Labute approximate surface area is 162 Å². The van der Waals surface area contributed by atoms with Gasteiger partial charge in [0.05, 0.1) is 0 Å². The number of rotatable bonds is 4. The lowest BCUT2D eigenvalue weighted by Gasteiger charge is -2.23. The fourth-order valence-electron chi connectivity index (χ4n) is 3.70. The third kappa shape index (κ3) is 4.14. The predicted molar refractivity (Wildman–Crippen MR) is 103 cm³/mol. The van der Waals surface area contributed by atoms with Crippen molar-refractivity contribution in [2.24, 2.45) is 0 Å². The molecule has 0 radical (unpaired) electrons. The molecule has 8 nitrogen and oxygen atoms in total. The SMILES string of the molecule is Nc1ccc(Oc2cc(NC(=O)N3CC[C@H](N4CCCC4)C3)ncn2)c(F)c1. The van der Waals surface area contributed by atoms with Crippen LogP contribution in [0.2, 0.25) is 0 Å². The monoisotopic (exact) mass is 386 g/mol. The number of carbonyl (C=O) groups excluding carboxylic acids is 1. The van der Waals surface area contributed by atoms with Gasteiger partial charge in [0.2, 0.25) is 5.88 Å². The van der Waals surface area contributed by atoms with E-state index in [1.807, 2.05) is 0 Å². The highest BCUT2D eigenvalue weighted by atomic mass is 19.1. The van der Waals surface area contributed by atoms with Gasteiger partial charge in [-0.3, -0.25) is 10.2 Å². The van der Waals surface area contributed by atoms with Crippen molar-refractivity contribution >= 4 is 17.5 Å². The van der Waals surface area contributed by atoms with Gasteiger partial charge >= 0.3 is 6.03 Å². The van der Waals surface area contributed by atoms with E-state index in [0.717, 1.165) is 32.6 Å². The van der Waals surface area contributed by atoms with Crippen molar-refractivity contribution in [2.75, 3.05) is 37.2 Å². The van der Waals surface area contributed by atoms with Gasteiger partial charge in [-0.2, -0.15) is 0 Å². The molecule has 3 heterocycles. The fourth-order valence-corrected chi connectivity index (χ4v) is 3.70. The Morgan fingerprint density at radius 2 is 2.04 bits per heavy atom. The van der Waals surface area contributed by atoms with Crippen LogP contribution in [0.15, 0.2) is 30.6 Å². The number of nitrogens with one attached hydrogen (secondary N) is 1. The highest BCUT2D eigenvalue weighted by molar-refractivity contribution is 5.88. The molecule has 4 rings (SSSR count). The minimum absolute atomic E-state index is 0.00169. The summed E-state index contributed by atoms with van der Waals surface area (Å²) in [5.74, 6) is -0.159. The molecule has 2 aliphatic heterocycles. The molecule has 28 heavy (non-hydrogen) atoms. The van der Waals surface area contributed by atoms with E-state index in [-0.39, 0.29) is 17.7 Å². The van der Waals surface area contributed by atoms with Gasteiger partial charge < -0.3 is 15.4 Å². The first-order valence-electron chi connectivity index (χ1n) is 9.43. The first kappa shape index (κ1) is 18.4. The largest absolute Gasteiger partial charge is 0.436 e. The molecule has 3 N–H and O–H groups in total. The second kappa shape index (κ2) is 7.97. The third-order valence-corrected chi connectivity index (χ3v) is 5.16. The normalized spacial score (nSPS) is 19.8. The lowest BCUT2D eigenvalue weighted by molar-refractivity contribution is 0.210. The van der Waals surface area contributed by atoms with E-state index < -0.39 is 5.82 Å². The second-order valence-corrected chi connectivity index (χ2v) is 7.10. The first-order valence-corrected chi connectivity index (χ1v) is 9.43. The summed E-state index contributed by atoms with van der Waals surface area (Å²) in [7, 11) is 0. The summed E-state index contributed by atoms with van der Waals surface area (Å²) in [5, 5.41) is 2.77. The maximum absolute atomic E-state index is 13.9. The zero-order valence-electron chi connectivity index (χ0n) is 15.5. The number of nitrogen functional groups attached to an aromatic ring is 1. The summed E-state index contributed by atoms with van der Waals surface area (Å²) >= 11 is 0. The van der Waals surface area contributed by atoms with Crippen LogP contribution in [0.4, 0.5) is 20.7 Å². The second-order valence-electron chi connectivity index (χ2n) is 7.10. The number of amides is 2. The Bertz CT molecular complexity index is 858. The molecule has 2 aliphatic rings. The molecule has 0 spiro atoms. The summed E-state index contributed by atoms with van der Waals surface area (Å²) in [6, 6.07) is 5.82. The topological polar surface area (TPSA) is 96.6 Å². The van der Waals surface area contributed by atoms with Crippen LogP contribution < -0.4 is 15.8 Å². The minimum Gasteiger partial charge on any atom is -0.436 e. The summed E-state index contributed by atoms with van der Waals surface area (Å²) in [6.45, 7) is 3.68. The Morgan fingerprint density at radius 3 is 2.82 bits per heavy atom. The number of nitrogens with zero attached hydrogens (tertiary/aromatic N) is 4. The number of aromatic nitrogens is 2. The molecule has 148 valence electrons. The van der Waals surface area contributed by atoms with Gasteiger partial charge in [-0.15, -0.1) is 0 Å². The highest BCUT2D eigenvalue weighted by Gasteiger charge is 2.31. The van der Waals surface area contributed by atoms with Crippen molar-refractivity contribution in [2.45, 2.75) is 25.3 Å². The molecule has 1 atom stereocenters. The molecule has 2 fully saturated rings. The van der Waals surface area contributed by atoms with E-state index in [0.29, 0.717) is 17.5 Å². The molecule has 1 aromatic carbocycles. The molecule has 0 bridgehead atoms. The molecule has 9 heteroatoms. The molecule has 0 aliphatic carbocycles. The molecular formula is C19H23FN6O2. The van der Waals surface area contributed by atoms with Crippen molar-refractivity contribution in [3.63, 3.8) is 0 Å². The van der Waals surface area contributed by atoms with Crippen LogP contribution in [0.25, 0.3) is 0 Å². The Morgan fingerprint density at radius 1 is 1.21 bits per heavy atom. The van der Waals surface area contributed by atoms with Crippen LogP contribution in [0.5, 0.6) is 11.6 Å². The highest BCUT2D eigenvalue weighted by Crippen LogP contribution is 2.26. The van der Waals surface area contributed by atoms with Gasteiger partial charge in [0.1, 0.15) is 12.1 Å². The summed E-state index contributed by atoms with van der Waals surface area (Å²) in [5.41, 5.74) is 5.84. The van der Waals surface area contributed by atoms with Gasteiger partial charge in [0.15, 0.2) is 11.6 Å². The van der Waals surface area contributed by atoms with Crippen molar-refractivity contribution in [1.82, 2.24) is 19.8 Å².